The number of imidazole rings is 1. The average molecular weight is 551 g/mol. The summed E-state index contributed by atoms with van der Waals surface area (Å²) in [6.45, 7) is 10.5. The zero-order valence-corrected chi connectivity index (χ0v) is 24.1. The van der Waals surface area contributed by atoms with Crippen molar-refractivity contribution in [2.45, 2.75) is 72.2 Å². The van der Waals surface area contributed by atoms with Gasteiger partial charge in [0.15, 0.2) is 16.9 Å². The van der Waals surface area contributed by atoms with Crippen molar-refractivity contribution in [3.05, 3.63) is 68.4 Å². The molecule has 11 nitrogen and oxygen atoms in total. The van der Waals surface area contributed by atoms with Crippen molar-refractivity contribution in [1.29, 1.82) is 0 Å². The molecular weight excluding hydrogens is 512 g/mol. The minimum atomic E-state index is -0.608. The summed E-state index contributed by atoms with van der Waals surface area (Å²) in [5.41, 5.74) is 0.145. The Morgan fingerprint density at radius 2 is 1.82 bits per heavy atom. The smallest absolute Gasteiger partial charge is 0.407 e. The van der Waals surface area contributed by atoms with Crippen molar-refractivity contribution in [2.24, 2.45) is 7.05 Å². The second-order valence-electron chi connectivity index (χ2n) is 11.3. The maximum atomic E-state index is 13.8. The van der Waals surface area contributed by atoms with Crippen LogP contribution in [0.15, 0.2) is 51.6 Å². The minimum absolute atomic E-state index is 0.177. The lowest BCUT2D eigenvalue weighted by atomic mass is 10.1. The van der Waals surface area contributed by atoms with Crippen LogP contribution in [0.1, 0.15) is 57.8 Å². The van der Waals surface area contributed by atoms with E-state index in [0.717, 1.165) is 23.0 Å². The molecule has 1 aromatic carbocycles. The predicted octanol–water partition coefficient (Wildman–Crippen LogP) is 3.24. The highest BCUT2D eigenvalue weighted by molar-refractivity contribution is 5.96. The summed E-state index contributed by atoms with van der Waals surface area (Å²) in [7, 11) is 1.56. The van der Waals surface area contributed by atoms with Gasteiger partial charge in [-0.05, 0) is 47.5 Å². The Hall–Kier alpha value is -4.15. The van der Waals surface area contributed by atoms with Crippen LogP contribution in [-0.4, -0.2) is 55.3 Å². The average Bonchev–Trinajstić information content (AvgIpc) is 3.28. The summed E-state index contributed by atoms with van der Waals surface area (Å²) in [5, 5.41) is 2.95. The second kappa shape index (κ2) is 11.5. The molecule has 3 aromatic rings. The SMILES string of the molecule is C/C=C(/C)Cn1c(N2CCCC(NC(=O)OC(C)(C)C)C2)nc2c1c(=O)n(CC(=O)c1ccccc1)c(=O)n2C. The van der Waals surface area contributed by atoms with Gasteiger partial charge in [-0.15, -0.1) is 0 Å². The number of benzene rings is 1. The number of fused-ring (bicyclic) bond motifs is 1. The van der Waals surface area contributed by atoms with Crippen LogP contribution in [0.5, 0.6) is 0 Å². The fourth-order valence-corrected chi connectivity index (χ4v) is 4.84. The van der Waals surface area contributed by atoms with Gasteiger partial charge in [0.2, 0.25) is 5.95 Å². The Labute approximate surface area is 233 Å². The maximum Gasteiger partial charge on any atom is 0.407 e. The molecule has 4 rings (SSSR count). The molecule has 1 unspecified atom stereocenters. The molecular formula is C29H38N6O5. The molecule has 0 saturated carbocycles. The van der Waals surface area contributed by atoms with Crippen LogP contribution < -0.4 is 21.5 Å². The van der Waals surface area contributed by atoms with Gasteiger partial charge in [-0.2, -0.15) is 4.98 Å². The number of nitrogens with one attached hydrogen (secondary N) is 1. The van der Waals surface area contributed by atoms with Crippen molar-refractivity contribution in [3.63, 3.8) is 0 Å². The third-order valence-electron chi connectivity index (χ3n) is 6.94. The minimum Gasteiger partial charge on any atom is -0.444 e. The number of aryl methyl sites for hydroxylation is 1. The van der Waals surface area contributed by atoms with Crippen molar-refractivity contribution in [3.8, 4) is 0 Å². The van der Waals surface area contributed by atoms with Crippen LogP contribution in [-0.2, 0) is 24.9 Å². The highest BCUT2D eigenvalue weighted by atomic mass is 16.6. The largest absolute Gasteiger partial charge is 0.444 e. The number of hydrogen-bond acceptors (Lipinski definition) is 7. The summed E-state index contributed by atoms with van der Waals surface area (Å²) >= 11 is 0. The molecule has 0 aliphatic carbocycles. The standard InChI is InChI=1S/C29H38N6O5/c1-7-19(2)16-34-23-24(31-26(34)33-15-11-14-21(17-33)30-27(38)40-29(3,4)5)32(6)28(39)35(25(23)37)18-22(36)20-12-9-8-10-13-20/h7-10,12-13,21H,11,14-18H2,1-6H3,(H,30,38)/b19-7-. The Morgan fingerprint density at radius 1 is 1.12 bits per heavy atom. The molecule has 40 heavy (non-hydrogen) atoms. The van der Waals surface area contributed by atoms with Crippen molar-refractivity contribution < 1.29 is 14.3 Å². The number of carbonyl (C=O) groups is 2. The van der Waals surface area contributed by atoms with Crippen LogP contribution in [0.4, 0.5) is 10.7 Å². The summed E-state index contributed by atoms with van der Waals surface area (Å²) in [5.74, 6) is 0.202. The fourth-order valence-electron chi connectivity index (χ4n) is 4.84. The lowest BCUT2D eigenvalue weighted by molar-refractivity contribution is 0.0499. The highest BCUT2D eigenvalue weighted by Crippen LogP contribution is 2.25. The van der Waals surface area contributed by atoms with Crippen LogP contribution in [0.25, 0.3) is 11.2 Å². The monoisotopic (exact) mass is 550 g/mol. The van der Waals surface area contributed by atoms with E-state index in [4.69, 9.17) is 9.72 Å². The van der Waals surface area contributed by atoms with Crippen LogP contribution >= 0.6 is 0 Å². The van der Waals surface area contributed by atoms with Gasteiger partial charge in [0.05, 0.1) is 6.54 Å². The molecule has 0 radical (unpaired) electrons. The molecule has 3 heterocycles. The first-order chi connectivity index (χ1) is 18.9. The molecule has 1 atom stereocenters. The topological polar surface area (TPSA) is 120 Å². The number of rotatable bonds is 7. The number of alkyl carbamates (subject to hydrolysis) is 1. The molecule has 1 N–H and O–H groups in total. The van der Waals surface area contributed by atoms with Crippen molar-refractivity contribution in [2.75, 3.05) is 18.0 Å². The number of Topliss-reactive ketones (excluding diaryl/α,β-unsaturated/α-hetero) is 1. The molecule has 0 bridgehead atoms. The van der Waals surface area contributed by atoms with Gasteiger partial charge < -0.3 is 19.5 Å². The first kappa shape index (κ1) is 28.8. The molecule has 1 saturated heterocycles. The molecule has 1 aliphatic heterocycles. The zero-order chi connectivity index (χ0) is 29.2. The van der Waals surface area contributed by atoms with Crippen LogP contribution in [0.3, 0.4) is 0 Å². The first-order valence-corrected chi connectivity index (χ1v) is 13.5. The number of aromatic nitrogens is 4. The van der Waals surface area contributed by atoms with Gasteiger partial charge in [-0.1, -0.05) is 42.0 Å². The molecule has 11 heteroatoms. The zero-order valence-electron chi connectivity index (χ0n) is 24.1. The number of amides is 1. The van der Waals surface area contributed by atoms with Crippen LogP contribution in [0.2, 0.25) is 0 Å². The Morgan fingerprint density at radius 3 is 2.48 bits per heavy atom. The third kappa shape index (κ3) is 6.19. The van der Waals surface area contributed by atoms with E-state index < -0.39 is 22.9 Å². The number of ketones is 1. The second-order valence-corrected chi connectivity index (χ2v) is 11.3. The number of nitrogens with zero attached hydrogens (tertiary/aromatic N) is 5. The number of allylic oxidation sites excluding steroid dienone is 2. The molecule has 1 amide bonds. The number of anilines is 1. The van der Waals surface area contributed by atoms with Crippen molar-refractivity contribution >= 4 is 29.0 Å². The maximum absolute atomic E-state index is 13.8. The van der Waals surface area contributed by atoms with Crippen molar-refractivity contribution in [1.82, 2.24) is 24.0 Å². The van der Waals surface area contributed by atoms with E-state index >= 15 is 0 Å². The summed E-state index contributed by atoms with van der Waals surface area (Å²) in [6.07, 6.45) is 3.04. The third-order valence-corrected chi connectivity index (χ3v) is 6.94. The molecule has 1 aliphatic rings. The molecule has 214 valence electrons. The summed E-state index contributed by atoms with van der Waals surface area (Å²) in [4.78, 5) is 59.3. The van der Waals surface area contributed by atoms with Gasteiger partial charge in [0, 0.05) is 38.3 Å². The Kier molecular flexibility index (Phi) is 8.32. The van der Waals surface area contributed by atoms with E-state index in [9.17, 15) is 19.2 Å². The summed E-state index contributed by atoms with van der Waals surface area (Å²) < 4.78 is 9.55. The number of piperidine rings is 1. The Bertz CT molecular complexity index is 1560. The highest BCUT2D eigenvalue weighted by Gasteiger charge is 2.29. The van der Waals surface area contributed by atoms with E-state index in [-0.39, 0.29) is 29.5 Å². The quantitative estimate of drug-likeness (QED) is 0.354. The lowest BCUT2D eigenvalue weighted by Gasteiger charge is -2.34. The van der Waals surface area contributed by atoms with Gasteiger partial charge >= 0.3 is 11.8 Å². The van der Waals surface area contributed by atoms with Gasteiger partial charge in [-0.3, -0.25) is 18.7 Å². The molecule has 2 aromatic heterocycles. The van der Waals surface area contributed by atoms with E-state index in [2.05, 4.69) is 5.32 Å². The molecule has 1 fully saturated rings. The van der Waals surface area contributed by atoms with Gasteiger partial charge in [-0.25, -0.2) is 9.59 Å². The Balaban J connectivity index is 1.76. The first-order valence-electron chi connectivity index (χ1n) is 13.5. The number of carbonyl (C=O) groups excluding carboxylic acids is 2. The number of ether oxygens (including phenoxy) is 1. The van der Waals surface area contributed by atoms with Crippen LogP contribution in [0, 0.1) is 0 Å². The van der Waals surface area contributed by atoms with E-state index in [1.807, 2.05) is 50.2 Å². The normalized spacial score (nSPS) is 16.3. The predicted molar refractivity (Wildman–Crippen MR) is 154 cm³/mol. The van der Waals surface area contributed by atoms with E-state index in [0.29, 0.717) is 31.1 Å². The lowest BCUT2D eigenvalue weighted by Crippen LogP contribution is -2.49. The van der Waals surface area contributed by atoms with E-state index in [1.54, 1.807) is 37.4 Å². The fraction of sp³-hybridized carbons (Fsp3) is 0.483. The molecule has 0 spiro atoms. The number of hydrogen-bond donors (Lipinski definition) is 1. The van der Waals surface area contributed by atoms with Gasteiger partial charge in [0.25, 0.3) is 5.56 Å². The summed E-state index contributed by atoms with van der Waals surface area (Å²) in [6, 6.07) is 8.41. The van der Waals surface area contributed by atoms with E-state index in [1.165, 1.54) is 4.57 Å². The van der Waals surface area contributed by atoms with Gasteiger partial charge in [0.1, 0.15) is 5.60 Å².